The first-order valence-electron chi connectivity index (χ1n) is 5.34. The summed E-state index contributed by atoms with van der Waals surface area (Å²) in [6.45, 7) is -0.183. The zero-order valence-corrected chi connectivity index (χ0v) is 9.48. The lowest BCUT2D eigenvalue weighted by Crippen LogP contribution is -2.09. The third-order valence-electron chi connectivity index (χ3n) is 2.29. The first-order valence-corrected chi connectivity index (χ1v) is 5.34. The van der Waals surface area contributed by atoms with Crippen molar-refractivity contribution in [1.29, 1.82) is 0 Å². The minimum atomic E-state index is -1.12. The number of aromatic carboxylic acids is 1. The minimum absolute atomic E-state index is 0.0127. The minimum Gasteiger partial charge on any atom is -0.477 e. The third-order valence-corrected chi connectivity index (χ3v) is 2.29. The third kappa shape index (κ3) is 2.33. The summed E-state index contributed by atoms with van der Waals surface area (Å²) in [4.78, 5) is 11.0. The molecule has 18 heavy (non-hydrogen) atoms. The van der Waals surface area contributed by atoms with Crippen molar-refractivity contribution in [2.24, 2.45) is 0 Å². The lowest BCUT2D eigenvalue weighted by molar-refractivity contribution is 0.0690. The molecule has 2 rings (SSSR count). The SMILES string of the molecule is O=C(O)c1cnn(-c2ccccc2)c1OCCO. The second-order valence-corrected chi connectivity index (χ2v) is 3.49. The van der Waals surface area contributed by atoms with Crippen LogP contribution in [0.25, 0.3) is 5.69 Å². The van der Waals surface area contributed by atoms with E-state index >= 15 is 0 Å². The van der Waals surface area contributed by atoms with Gasteiger partial charge in [-0.15, -0.1) is 0 Å². The largest absolute Gasteiger partial charge is 0.477 e. The van der Waals surface area contributed by atoms with Gasteiger partial charge in [0.1, 0.15) is 12.2 Å². The van der Waals surface area contributed by atoms with Crippen LogP contribution in [0.15, 0.2) is 36.5 Å². The van der Waals surface area contributed by atoms with Gasteiger partial charge in [0.25, 0.3) is 0 Å². The standard InChI is InChI=1S/C12H12N2O4/c15-6-7-18-11-10(12(16)17)8-13-14(11)9-4-2-1-3-5-9/h1-5,8,15H,6-7H2,(H,16,17). The molecule has 2 aromatic rings. The van der Waals surface area contributed by atoms with E-state index in [1.165, 1.54) is 10.9 Å². The Morgan fingerprint density at radius 1 is 1.33 bits per heavy atom. The van der Waals surface area contributed by atoms with Gasteiger partial charge >= 0.3 is 5.97 Å². The number of carbonyl (C=O) groups is 1. The first-order chi connectivity index (χ1) is 8.74. The summed E-state index contributed by atoms with van der Waals surface area (Å²) in [6.07, 6.45) is 1.22. The van der Waals surface area contributed by atoms with Crippen LogP contribution in [-0.2, 0) is 0 Å². The van der Waals surface area contributed by atoms with Crippen LogP contribution in [0.2, 0.25) is 0 Å². The highest BCUT2D eigenvalue weighted by Gasteiger charge is 2.19. The summed E-state index contributed by atoms with van der Waals surface area (Å²) in [5.41, 5.74) is 0.658. The molecule has 0 atom stereocenters. The number of carboxylic acid groups (broad SMARTS) is 1. The van der Waals surface area contributed by atoms with E-state index in [-0.39, 0.29) is 24.7 Å². The molecule has 0 amide bonds. The molecule has 0 radical (unpaired) electrons. The lowest BCUT2D eigenvalue weighted by atomic mass is 10.3. The van der Waals surface area contributed by atoms with E-state index < -0.39 is 5.97 Å². The van der Waals surface area contributed by atoms with Crippen LogP contribution < -0.4 is 4.74 Å². The maximum absolute atomic E-state index is 11.0. The number of para-hydroxylation sites is 1. The molecule has 2 N–H and O–H groups in total. The number of benzene rings is 1. The van der Waals surface area contributed by atoms with Crippen molar-refractivity contribution >= 4 is 5.97 Å². The predicted molar refractivity (Wildman–Crippen MR) is 63.1 cm³/mol. The monoisotopic (exact) mass is 248 g/mol. The Labute approximate surface area is 103 Å². The molecule has 0 aliphatic rings. The van der Waals surface area contributed by atoms with Crippen molar-refractivity contribution in [3.8, 4) is 11.6 Å². The maximum Gasteiger partial charge on any atom is 0.342 e. The van der Waals surface area contributed by atoms with Gasteiger partial charge in [0.2, 0.25) is 5.88 Å². The van der Waals surface area contributed by atoms with Gasteiger partial charge < -0.3 is 14.9 Å². The second-order valence-electron chi connectivity index (χ2n) is 3.49. The molecule has 0 fully saturated rings. The van der Waals surface area contributed by atoms with Crippen molar-refractivity contribution in [3.05, 3.63) is 42.1 Å². The molecule has 0 saturated carbocycles. The number of aromatic nitrogens is 2. The summed E-state index contributed by atoms with van der Waals surface area (Å²) >= 11 is 0. The van der Waals surface area contributed by atoms with E-state index in [1.807, 2.05) is 18.2 Å². The topological polar surface area (TPSA) is 84.6 Å². The van der Waals surface area contributed by atoms with Crippen LogP contribution in [0.1, 0.15) is 10.4 Å². The highest BCUT2D eigenvalue weighted by molar-refractivity contribution is 5.90. The highest BCUT2D eigenvalue weighted by Crippen LogP contribution is 2.22. The molecule has 6 nitrogen and oxygen atoms in total. The summed E-state index contributed by atoms with van der Waals surface area (Å²) in [6, 6.07) is 9.04. The van der Waals surface area contributed by atoms with Crippen LogP contribution in [0.5, 0.6) is 5.88 Å². The van der Waals surface area contributed by atoms with Crippen molar-refractivity contribution in [3.63, 3.8) is 0 Å². The van der Waals surface area contributed by atoms with E-state index in [1.54, 1.807) is 12.1 Å². The molecule has 1 aromatic heterocycles. The fourth-order valence-electron chi connectivity index (χ4n) is 1.52. The van der Waals surface area contributed by atoms with Crippen LogP contribution in [0.4, 0.5) is 0 Å². The van der Waals surface area contributed by atoms with Crippen LogP contribution in [-0.4, -0.2) is 39.2 Å². The van der Waals surface area contributed by atoms with Gasteiger partial charge in [-0.3, -0.25) is 0 Å². The summed E-state index contributed by atoms with van der Waals surface area (Å²) in [7, 11) is 0. The Kier molecular flexibility index (Phi) is 3.59. The van der Waals surface area contributed by atoms with Crippen LogP contribution >= 0.6 is 0 Å². The smallest absolute Gasteiger partial charge is 0.342 e. The fraction of sp³-hybridized carbons (Fsp3) is 0.167. The summed E-state index contributed by atoms with van der Waals surface area (Å²) in [5.74, 6) is -1.01. The molecule has 1 heterocycles. The lowest BCUT2D eigenvalue weighted by Gasteiger charge is -2.09. The Hall–Kier alpha value is -2.34. The number of hydrogen-bond acceptors (Lipinski definition) is 4. The molecule has 6 heteroatoms. The Balaban J connectivity index is 2.44. The Morgan fingerprint density at radius 3 is 2.67 bits per heavy atom. The Bertz CT molecular complexity index is 536. The molecule has 1 aromatic carbocycles. The highest BCUT2D eigenvalue weighted by atomic mass is 16.5. The zero-order chi connectivity index (χ0) is 13.0. The van der Waals surface area contributed by atoms with Crippen LogP contribution in [0.3, 0.4) is 0 Å². The molecule has 0 bridgehead atoms. The van der Waals surface area contributed by atoms with Crippen molar-refractivity contribution < 1.29 is 19.7 Å². The quantitative estimate of drug-likeness (QED) is 0.822. The molecule has 94 valence electrons. The van der Waals surface area contributed by atoms with Crippen molar-refractivity contribution in [2.45, 2.75) is 0 Å². The average Bonchev–Trinajstić information content (AvgIpc) is 2.81. The van der Waals surface area contributed by atoms with Gasteiger partial charge in [-0.2, -0.15) is 5.10 Å². The number of carboxylic acids is 1. The van der Waals surface area contributed by atoms with E-state index in [0.29, 0.717) is 5.69 Å². The molecule has 0 aliphatic carbocycles. The van der Waals surface area contributed by atoms with Gasteiger partial charge in [-0.05, 0) is 12.1 Å². The van der Waals surface area contributed by atoms with Gasteiger partial charge in [0.15, 0.2) is 0 Å². The van der Waals surface area contributed by atoms with Gasteiger partial charge in [0, 0.05) is 0 Å². The van der Waals surface area contributed by atoms with E-state index in [9.17, 15) is 4.79 Å². The molecule has 0 aliphatic heterocycles. The summed E-state index contributed by atoms with van der Waals surface area (Å²) < 4.78 is 6.63. The zero-order valence-electron chi connectivity index (χ0n) is 9.48. The molecular weight excluding hydrogens is 236 g/mol. The van der Waals surface area contributed by atoms with E-state index in [4.69, 9.17) is 14.9 Å². The average molecular weight is 248 g/mol. The van der Waals surface area contributed by atoms with Gasteiger partial charge in [-0.25, -0.2) is 9.48 Å². The number of aliphatic hydroxyl groups is 1. The van der Waals surface area contributed by atoms with Gasteiger partial charge in [0.05, 0.1) is 18.5 Å². The number of hydrogen-bond donors (Lipinski definition) is 2. The second kappa shape index (κ2) is 5.33. The summed E-state index contributed by atoms with van der Waals surface area (Å²) in [5, 5.41) is 21.8. The van der Waals surface area contributed by atoms with Crippen molar-refractivity contribution in [2.75, 3.05) is 13.2 Å². The number of nitrogens with zero attached hydrogens (tertiary/aromatic N) is 2. The molecule has 0 unspecified atom stereocenters. The predicted octanol–water partition coefficient (Wildman–Crippen LogP) is 0.942. The van der Waals surface area contributed by atoms with Gasteiger partial charge in [-0.1, -0.05) is 18.2 Å². The Morgan fingerprint density at radius 2 is 2.06 bits per heavy atom. The number of rotatable bonds is 5. The number of ether oxygens (including phenoxy) is 1. The maximum atomic E-state index is 11.0. The fourth-order valence-corrected chi connectivity index (χ4v) is 1.52. The van der Waals surface area contributed by atoms with Crippen LogP contribution in [0, 0.1) is 0 Å². The van der Waals surface area contributed by atoms with Crippen molar-refractivity contribution in [1.82, 2.24) is 9.78 Å². The normalized spacial score (nSPS) is 10.3. The first kappa shape index (κ1) is 12.1. The molecule has 0 saturated heterocycles. The molecular formula is C12H12N2O4. The van der Waals surface area contributed by atoms with E-state index in [2.05, 4.69) is 5.10 Å². The van der Waals surface area contributed by atoms with E-state index in [0.717, 1.165) is 0 Å². The molecule has 0 spiro atoms. The number of aliphatic hydroxyl groups excluding tert-OH is 1.